The van der Waals surface area contributed by atoms with E-state index < -0.39 is 12.1 Å². The van der Waals surface area contributed by atoms with Gasteiger partial charge < -0.3 is 15.0 Å². The molecule has 0 spiro atoms. The highest BCUT2D eigenvalue weighted by atomic mass is 19.4. The number of carbonyl (C=O) groups excluding carboxylic acids is 1. The molecule has 0 amide bonds. The lowest BCUT2D eigenvalue weighted by Gasteiger charge is -2.11. The fraction of sp³-hybridized carbons (Fsp3) is 0.500. The lowest BCUT2D eigenvalue weighted by atomic mass is 10.2. The Morgan fingerprint density at radius 2 is 1.96 bits per heavy atom. The molecule has 0 bridgehead atoms. The fourth-order valence-electron chi connectivity index (χ4n) is 4.01. The molecule has 2 aromatic heterocycles. The van der Waals surface area contributed by atoms with Crippen LogP contribution < -0.4 is 10.5 Å². The maximum absolute atomic E-state index is 12.6. The highest BCUT2D eigenvalue weighted by molar-refractivity contribution is 5.83. The number of hydrogen-bond acceptors (Lipinski definition) is 5. The smallest absolute Gasteiger partial charge is 0.402 e. The summed E-state index contributed by atoms with van der Waals surface area (Å²) in [7, 11) is 0. The van der Waals surface area contributed by atoms with E-state index in [1.54, 1.807) is 0 Å². The van der Waals surface area contributed by atoms with E-state index in [2.05, 4.69) is 19.3 Å². The van der Waals surface area contributed by atoms with Crippen molar-refractivity contribution in [2.45, 2.75) is 45.0 Å². The van der Waals surface area contributed by atoms with E-state index in [0.29, 0.717) is 41.7 Å². The zero-order valence-corrected chi connectivity index (χ0v) is 14.8. The molecule has 0 aliphatic heterocycles. The Balaban J connectivity index is 1.68. The minimum atomic E-state index is -4.85. The van der Waals surface area contributed by atoms with Crippen LogP contribution in [0.4, 0.5) is 19.0 Å². The van der Waals surface area contributed by atoms with Crippen LogP contribution in [0.3, 0.4) is 0 Å². The first kappa shape index (κ1) is 17.8. The molecule has 4 rings (SSSR count). The number of ketones is 1. The molecule has 144 valence electrons. The number of nitrogen functional groups attached to an aromatic ring is 1. The largest absolute Gasteiger partial charge is 0.573 e. The van der Waals surface area contributed by atoms with Crippen molar-refractivity contribution in [2.24, 2.45) is 11.8 Å². The summed E-state index contributed by atoms with van der Waals surface area (Å²) in [5.74, 6) is 1.06. The molecular weight excluding hydrogens is 361 g/mol. The van der Waals surface area contributed by atoms with Gasteiger partial charge in [0.25, 0.3) is 0 Å². The summed E-state index contributed by atoms with van der Waals surface area (Å²) >= 11 is 0. The Morgan fingerprint density at radius 1 is 1.30 bits per heavy atom. The highest BCUT2D eigenvalue weighted by Crippen LogP contribution is 2.60. The van der Waals surface area contributed by atoms with Crippen LogP contribution in [-0.4, -0.2) is 26.7 Å². The van der Waals surface area contributed by atoms with Crippen molar-refractivity contribution in [3.05, 3.63) is 24.3 Å². The van der Waals surface area contributed by atoms with Gasteiger partial charge in [-0.3, -0.25) is 4.79 Å². The number of rotatable bonds is 4. The minimum absolute atomic E-state index is 0.128. The molecular formula is C18H19F3N4O2. The van der Waals surface area contributed by atoms with Gasteiger partial charge in [0.15, 0.2) is 11.6 Å². The third-order valence-electron chi connectivity index (χ3n) is 5.21. The van der Waals surface area contributed by atoms with Gasteiger partial charge in [-0.15, -0.1) is 13.2 Å². The van der Waals surface area contributed by atoms with Crippen LogP contribution in [0, 0.1) is 11.8 Å². The summed E-state index contributed by atoms with van der Waals surface area (Å²) in [5, 5.41) is 0. The van der Waals surface area contributed by atoms with E-state index in [-0.39, 0.29) is 17.8 Å². The Kier molecular flexibility index (Phi) is 3.94. The Hall–Kier alpha value is -2.58. The molecule has 2 aliphatic rings. The van der Waals surface area contributed by atoms with Crippen LogP contribution in [0.15, 0.2) is 18.5 Å². The van der Waals surface area contributed by atoms with Gasteiger partial charge in [0.05, 0.1) is 5.69 Å². The predicted octanol–water partition coefficient (Wildman–Crippen LogP) is 3.70. The maximum atomic E-state index is 12.6. The number of fused-ring (bicyclic) bond motifs is 1. The molecule has 2 N–H and O–H groups in total. The SMILES string of the molecule is CC(C)c1nc(-c2cnc(N)c(OC(F)(F)F)c2)cn1C1C2CC(=O)CC21. The van der Waals surface area contributed by atoms with E-state index >= 15 is 0 Å². The van der Waals surface area contributed by atoms with Crippen LogP contribution in [0.2, 0.25) is 0 Å². The monoisotopic (exact) mass is 380 g/mol. The number of hydrogen-bond donors (Lipinski definition) is 1. The number of alkyl halides is 3. The number of halogens is 3. The van der Waals surface area contributed by atoms with E-state index in [1.807, 2.05) is 20.0 Å². The molecule has 2 unspecified atom stereocenters. The first-order chi connectivity index (χ1) is 12.6. The second-order valence-electron chi connectivity index (χ2n) is 7.47. The molecule has 2 heterocycles. The topological polar surface area (TPSA) is 83.0 Å². The first-order valence-electron chi connectivity index (χ1n) is 8.76. The molecule has 27 heavy (non-hydrogen) atoms. The third-order valence-corrected chi connectivity index (χ3v) is 5.21. The van der Waals surface area contributed by atoms with Gasteiger partial charge >= 0.3 is 6.36 Å². The third kappa shape index (κ3) is 3.26. The lowest BCUT2D eigenvalue weighted by Crippen LogP contribution is -2.18. The van der Waals surface area contributed by atoms with E-state index in [0.717, 1.165) is 5.82 Å². The molecule has 2 aliphatic carbocycles. The zero-order valence-electron chi connectivity index (χ0n) is 14.8. The van der Waals surface area contributed by atoms with Crippen LogP contribution in [0.25, 0.3) is 11.3 Å². The number of aromatic nitrogens is 3. The molecule has 6 nitrogen and oxygen atoms in total. The molecule has 2 atom stereocenters. The van der Waals surface area contributed by atoms with Crippen molar-refractivity contribution >= 4 is 11.6 Å². The van der Waals surface area contributed by atoms with Gasteiger partial charge in [-0.25, -0.2) is 9.97 Å². The van der Waals surface area contributed by atoms with Crippen molar-refractivity contribution in [1.29, 1.82) is 0 Å². The summed E-state index contributed by atoms with van der Waals surface area (Å²) in [5.41, 5.74) is 6.40. The number of Topliss-reactive ketones (excluding diaryl/α,β-unsaturated/α-hetero) is 1. The average Bonchev–Trinajstić information content (AvgIpc) is 2.94. The molecule has 2 fully saturated rings. The number of pyridine rings is 1. The average molecular weight is 380 g/mol. The Bertz CT molecular complexity index is 892. The van der Waals surface area contributed by atoms with Crippen molar-refractivity contribution in [1.82, 2.24) is 14.5 Å². The van der Waals surface area contributed by atoms with Gasteiger partial charge in [-0.2, -0.15) is 0 Å². The van der Waals surface area contributed by atoms with E-state index in [4.69, 9.17) is 5.73 Å². The van der Waals surface area contributed by atoms with Crippen molar-refractivity contribution < 1.29 is 22.7 Å². The molecule has 0 radical (unpaired) electrons. The number of carbonyl (C=O) groups is 1. The zero-order chi connectivity index (χ0) is 19.5. The molecule has 9 heteroatoms. The van der Waals surface area contributed by atoms with Crippen molar-refractivity contribution in [3.8, 4) is 17.0 Å². The number of nitrogens with zero attached hydrogens (tertiary/aromatic N) is 3. The maximum Gasteiger partial charge on any atom is 0.573 e. The molecule has 0 saturated heterocycles. The highest BCUT2D eigenvalue weighted by Gasteiger charge is 2.57. The quantitative estimate of drug-likeness (QED) is 0.875. The van der Waals surface area contributed by atoms with E-state index in [9.17, 15) is 18.0 Å². The van der Waals surface area contributed by atoms with Gasteiger partial charge in [0, 0.05) is 42.8 Å². The van der Waals surface area contributed by atoms with E-state index in [1.165, 1.54) is 12.3 Å². The second kappa shape index (κ2) is 5.97. The fourth-order valence-corrected chi connectivity index (χ4v) is 4.01. The minimum Gasteiger partial charge on any atom is -0.402 e. The van der Waals surface area contributed by atoms with Crippen molar-refractivity contribution in [3.63, 3.8) is 0 Å². The predicted molar refractivity (Wildman–Crippen MR) is 90.9 cm³/mol. The van der Waals surface area contributed by atoms with Crippen molar-refractivity contribution in [2.75, 3.05) is 5.73 Å². The number of nitrogens with two attached hydrogens (primary N) is 1. The molecule has 2 saturated carbocycles. The summed E-state index contributed by atoms with van der Waals surface area (Å²) in [6.07, 6.45) is -0.463. The Morgan fingerprint density at radius 3 is 2.56 bits per heavy atom. The second-order valence-corrected chi connectivity index (χ2v) is 7.47. The van der Waals surface area contributed by atoms with Gasteiger partial charge in [0.2, 0.25) is 0 Å². The number of ether oxygens (including phenoxy) is 1. The molecule has 2 aromatic rings. The summed E-state index contributed by atoms with van der Waals surface area (Å²) < 4.78 is 43.7. The lowest BCUT2D eigenvalue weighted by molar-refractivity contribution is -0.274. The van der Waals surface area contributed by atoms with Gasteiger partial charge in [-0.1, -0.05) is 13.8 Å². The van der Waals surface area contributed by atoms with Crippen LogP contribution in [0.1, 0.15) is 44.5 Å². The normalized spacial score (nSPS) is 24.4. The Labute approximate surface area is 153 Å². The standard InChI is InChI=1S/C18H19F3N4O2/c1-8(2)17-24-13(7-25(17)15-11-4-10(26)5-12(11)15)9-3-14(16(22)23-6-9)27-18(19,20)21/h3,6-8,11-12,15H,4-5H2,1-2H3,(H2,22,23). The molecule has 0 aromatic carbocycles. The van der Waals surface area contributed by atoms with Gasteiger partial charge in [0.1, 0.15) is 11.6 Å². The first-order valence-corrected chi connectivity index (χ1v) is 8.76. The number of anilines is 1. The number of imidazole rings is 1. The van der Waals surface area contributed by atoms with Crippen LogP contribution in [0.5, 0.6) is 5.75 Å². The summed E-state index contributed by atoms with van der Waals surface area (Å²) in [4.78, 5) is 20.0. The van der Waals surface area contributed by atoms with Gasteiger partial charge in [-0.05, 0) is 17.9 Å². The van der Waals surface area contributed by atoms with Crippen LogP contribution in [-0.2, 0) is 4.79 Å². The summed E-state index contributed by atoms with van der Waals surface area (Å²) in [6.45, 7) is 4.01. The van der Waals surface area contributed by atoms with Crippen LogP contribution >= 0.6 is 0 Å². The summed E-state index contributed by atoms with van der Waals surface area (Å²) in [6, 6.07) is 1.43.